The van der Waals surface area contributed by atoms with Gasteiger partial charge in [0.1, 0.15) is 0 Å². The van der Waals surface area contributed by atoms with E-state index in [1.165, 1.54) is 30.8 Å². The first-order chi connectivity index (χ1) is 8.51. The molecule has 0 radical (unpaired) electrons. The van der Waals surface area contributed by atoms with Crippen LogP contribution in [0.2, 0.25) is 18.1 Å². The monoisotopic (exact) mass is 266 g/mol. The van der Waals surface area contributed by atoms with Crippen molar-refractivity contribution in [3.63, 3.8) is 0 Å². The van der Waals surface area contributed by atoms with Gasteiger partial charge in [-0.2, -0.15) is 0 Å². The molecule has 2 nitrogen and oxygen atoms in total. The van der Waals surface area contributed by atoms with Crippen molar-refractivity contribution in [1.29, 1.82) is 0 Å². The Balaban J connectivity index is 2.90. The van der Waals surface area contributed by atoms with E-state index in [9.17, 15) is 4.79 Å². The van der Waals surface area contributed by atoms with Crippen molar-refractivity contribution < 1.29 is 9.53 Å². The highest BCUT2D eigenvalue weighted by atomic mass is 28.3. The van der Waals surface area contributed by atoms with Gasteiger partial charge in [-0.3, -0.25) is 4.79 Å². The Bertz CT molecular complexity index is 345. The highest BCUT2D eigenvalue weighted by Crippen LogP contribution is 2.37. The number of carbonyl (C=O) groups excluding carboxylic acids is 1. The summed E-state index contributed by atoms with van der Waals surface area (Å²) in [5, 5.41) is 0. The third-order valence-electron chi connectivity index (χ3n) is 4.54. The molecule has 0 aromatic carbocycles. The van der Waals surface area contributed by atoms with Gasteiger partial charge in [-0.1, -0.05) is 62.3 Å². The minimum Gasteiger partial charge on any atom is -0.469 e. The van der Waals surface area contributed by atoms with E-state index in [2.05, 4.69) is 33.0 Å². The second kappa shape index (κ2) is 6.37. The van der Waals surface area contributed by atoms with Gasteiger partial charge in [0.15, 0.2) is 0 Å². The maximum atomic E-state index is 11.6. The van der Waals surface area contributed by atoms with Crippen LogP contribution >= 0.6 is 0 Å². The molecular formula is C15H26O2Si. The van der Waals surface area contributed by atoms with Crippen LogP contribution in [0, 0.1) is 5.92 Å². The quantitative estimate of drug-likeness (QED) is 0.553. The lowest BCUT2D eigenvalue weighted by molar-refractivity contribution is -0.144. The van der Waals surface area contributed by atoms with Crippen LogP contribution in [0.25, 0.3) is 0 Å². The first kappa shape index (κ1) is 15.2. The van der Waals surface area contributed by atoms with E-state index in [1.54, 1.807) is 0 Å². The molecule has 0 aromatic rings. The summed E-state index contributed by atoms with van der Waals surface area (Å²) in [6, 6.07) is 3.83. The number of allylic oxidation sites excluding steroid dienone is 2. The smallest absolute Gasteiger partial charge is 0.309 e. The molecule has 102 valence electrons. The summed E-state index contributed by atoms with van der Waals surface area (Å²) in [6.45, 7) is 11.0. The van der Waals surface area contributed by atoms with Crippen LogP contribution in [0.15, 0.2) is 23.4 Å². The Kier molecular flexibility index (Phi) is 5.39. The molecule has 0 bridgehead atoms. The van der Waals surface area contributed by atoms with E-state index in [0.29, 0.717) is 0 Å². The lowest BCUT2D eigenvalue weighted by Crippen LogP contribution is -2.29. The van der Waals surface area contributed by atoms with Crippen LogP contribution in [-0.2, 0) is 9.53 Å². The van der Waals surface area contributed by atoms with Crippen LogP contribution in [-0.4, -0.2) is 21.2 Å². The Labute approximate surface area is 112 Å². The maximum absolute atomic E-state index is 11.6. The molecular weight excluding hydrogens is 240 g/mol. The van der Waals surface area contributed by atoms with Gasteiger partial charge in [0.25, 0.3) is 0 Å². The lowest BCUT2D eigenvalue weighted by Gasteiger charge is -2.25. The zero-order valence-electron chi connectivity index (χ0n) is 12.2. The van der Waals surface area contributed by atoms with E-state index in [1.807, 2.05) is 0 Å². The zero-order valence-corrected chi connectivity index (χ0v) is 13.2. The first-order valence-electron chi connectivity index (χ1n) is 6.99. The van der Waals surface area contributed by atoms with Crippen LogP contribution in [0.5, 0.6) is 0 Å². The second-order valence-electron chi connectivity index (χ2n) is 5.32. The maximum Gasteiger partial charge on any atom is 0.309 e. The van der Waals surface area contributed by atoms with E-state index in [-0.39, 0.29) is 11.9 Å². The molecule has 18 heavy (non-hydrogen) atoms. The average molecular weight is 266 g/mol. The fraction of sp³-hybridized carbons (Fsp3) is 0.667. The fourth-order valence-corrected chi connectivity index (χ4v) is 6.00. The molecule has 1 unspecified atom stereocenters. The first-order valence-corrected chi connectivity index (χ1v) is 9.69. The van der Waals surface area contributed by atoms with Crippen molar-refractivity contribution in [2.75, 3.05) is 7.11 Å². The Morgan fingerprint density at radius 1 is 1.33 bits per heavy atom. The van der Waals surface area contributed by atoms with E-state index >= 15 is 0 Å². The summed E-state index contributed by atoms with van der Waals surface area (Å²) in [6.07, 6.45) is 1.61. The van der Waals surface area contributed by atoms with Gasteiger partial charge >= 0.3 is 5.97 Å². The van der Waals surface area contributed by atoms with E-state index < -0.39 is 8.07 Å². The summed E-state index contributed by atoms with van der Waals surface area (Å²) < 4.78 is 4.84. The molecule has 1 fully saturated rings. The molecule has 0 aliphatic heterocycles. The van der Waals surface area contributed by atoms with Crippen molar-refractivity contribution >= 4 is 14.0 Å². The zero-order chi connectivity index (χ0) is 13.8. The third kappa shape index (κ3) is 3.13. The standard InChI is InChI=1S/C15H26O2Si/c1-6-18(7-2,8-3)11-14-10-13(9-12(14)4)15(16)17-5/h11,13H,4,6-10H2,1-3,5H3/b14-11-. The average Bonchev–Trinajstić information content (AvgIpc) is 2.76. The van der Waals surface area contributed by atoms with Crippen molar-refractivity contribution in [1.82, 2.24) is 0 Å². The molecule has 1 atom stereocenters. The van der Waals surface area contributed by atoms with Crippen LogP contribution in [0.4, 0.5) is 0 Å². The molecule has 0 heterocycles. The second-order valence-corrected chi connectivity index (χ2v) is 10.5. The van der Waals surface area contributed by atoms with Crippen molar-refractivity contribution in [3.8, 4) is 0 Å². The molecule has 0 amide bonds. The van der Waals surface area contributed by atoms with Gasteiger partial charge in [0.05, 0.1) is 21.1 Å². The lowest BCUT2D eigenvalue weighted by atomic mass is 10.1. The molecule has 3 heteroatoms. The van der Waals surface area contributed by atoms with Crippen LogP contribution in [0.3, 0.4) is 0 Å². The number of carbonyl (C=O) groups is 1. The van der Waals surface area contributed by atoms with Gasteiger partial charge in [0.2, 0.25) is 0 Å². The van der Waals surface area contributed by atoms with Crippen LogP contribution < -0.4 is 0 Å². The fourth-order valence-electron chi connectivity index (χ4n) is 2.83. The molecule has 0 aromatic heterocycles. The minimum absolute atomic E-state index is 0.00557. The minimum atomic E-state index is -1.27. The Morgan fingerprint density at radius 3 is 2.33 bits per heavy atom. The number of rotatable bonds is 5. The van der Waals surface area contributed by atoms with Gasteiger partial charge in [-0.15, -0.1) is 0 Å². The van der Waals surface area contributed by atoms with Crippen molar-refractivity contribution in [2.24, 2.45) is 5.92 Å². The molecule has 1 aliphatic rings. The number of ether oxygens (including phenoxy) is 1. The predicted octanol–water partition coefficient (Wildman–Crippen LogP) is 4.10. The summed E-state index contributed by atoms with van der Waals surface area (Å²) in [5.74, 6) is -0.0812. The van der Waals surface area contributed by atoms with Crippen molar-refractivity contribution in [2.45, 2.75) is 51.7 Å². The van der Waals surface area contributed by atoms with Gasteiger partial charge in [-0.05, 0) is 12.8 Å². The summed E-state index contributed by atoms with van der Waals surface area (Å²) in [4.78, 5) is 11.6. The molecule has 1 aliphatic carbocycles. The molecule has 1 saturated carbocycles. The van der Waals surface area contributed by atoms with Gasteiger partial charge in [0, 0.05) is 0 Å². The number of methoxy groups -OCH3 is 1. The molecule has 1 rings (SSSR count). The largest absolute Gasteiger partial charge is 0.469 e. The SMILES string of the molecule is C=C1CC(C(=O)OC)C/C1=C/[Si](CC)(CC)CC. The number of hydrogen-bond donors (Lipinski definition) is 0. The number of esters is 1. The predicted molar refractivity (Wildman–Crippen MR) is 79.2 cm³/mol. The molecule has 0 saturated heterocycles. The highest BCUT2D eigenvalue weighted by molar-refractivity contribution is 6.84. The van der Waals surface area contributed by atoms with Crippen molar-refractivity contribution in [3.05, 3.63) is 23.4 Å². The summed E-state index contributed by atoms with van der Waals surface area (Å²) in [5.41, 5.74) is 5.00. The highest BCUT2D eigenvalue weighted by Gasteiger charge is 2.32. The van der Waals surface area contributed by atoms with Gasteiger partial charge in [-0.25, -0.2) is 0 Å². The summed E-state index contributed by atoms with van der Waals surface area (Å²) in [7, 11) is 0.194. The molecule has 0 N–H and O–H groups in total. The topological polar surface area (TPSA) is 26.3 Å². The van der Waals surface area contributed by atoms with Crippen LogP contribution in [0.1, 0.15) is 33.6 Å². The number of hydrogen-bond acceptors (Lipinski definition) is 2. The van der Waals surface area contributed by atoms with E-state index in [0.717, 1.165) is 18.4 Å². The molecule has 0 spiro atoms. The Morgan fingerprint density at radius 2 is 1.89 bits per heavy atom. The third-order valence-corrected chi connectivity index (χ3v) is 9.73. The summed E-state index contributed by atoms with van der Waals surface area (Å²) >= 11 is 0. The van der Waals surface area contributed by atoms with Gasteiger partial charge < -0.3 is 4.74 Å². The Hall–Kier alpha value is -0.833. The van der Waals surface area contributed by atoms with E-state index in [4.69, 9.17) is 4.74 Å². The normalized spacial score (nSPS) is 22.6.